The third-order valence-electron chi connectivity index (χ3n) is 6.62. The minimum atomic E-state index is -0.549. The quantitative estimate of drug-likeness (QED) is 0.648. The molecule has 2 aliphatic rings. The van der Waals surface area contributed by atoms with Crippen molar-refractivity contribution >= 4 is 23.2 Å². The molecule has 2 saturated heterocycles. The molecule has 4 rings (SSSR count). The fourth-order valence-electron chi connectivity index (χ4n) is 4.90. The topological polar surface area (TPSA) is 49.9 Å². The second kappa shape index (κ2) is 9.53. The number of ether oxygens (including phenoxy) is 1. The number of carbonyl (C=O) groups is 2. The van der Waals surface area contributed by atoms with E-state index >= 15 is 0 Å². The fourth-order valence-corrected chi connectivity index (χ4v) is 5.57. The Bertz CT molecular complexity index is 888. The molecule has 0 saturated carbocycles. The van der Waals surface area contributed by atoms with Crippen LogP contribution in [0.15, 0.2) is 41.1 Å². The highest BCUT2D eigenvalue weighted by Gasteiger charge is 2.46. The van der Waals surface area contributed by atoms with Crippen molar-refractivity contribution in [2.24, 2.45) is 5.41 Å². The maximum Gasteiger partial charge on any atom is 0.230 e. The van der Waals surface area contributed by atoms with Gasteiger partial charge in [0.1, 0.15) is 0 Å². The van der Waals surface area contributed by atoms with E-state index < -0.39 is 5.41 Å². The van der Waals surface area contributed by atoms with Crippen LogP contribution in [0, 0.1) is 5.41 Å². The predicted octanol–water partition coefficient (Wildman–Crippen LogP) is 4.22. The van der Waals surface area contributed by atoms with E-state index in [1.165, 1.54) is 11.1 Å². The summed E-state index contributed by atoms with van der Waals surface area (Å²) in [6, 6.07) is 10.6. The van der Waals surface area contributed by atoms with Gasteiger partial charge in [-0.2, -0.15) is 11.3 Å². The molecule has 2 amide bonds. The Morgan fingerprint density at radius 3 is 2.65 bits per heavy atom. The Labute approximate surface area is 189 Å². The number of carbonyl (C=O) groups excluding carboxylic acids is 2. The first-order valence-electron chi connectivity index (χ1n) is 11.2. The third kappa shape index (κ3) is 5.01. The van der Waals surface area contributed by atoms with Crippen molar-refractivity contribution < 1.29 is 14.3 Å². The Morgan fingerprint density at radius 1 is 1.19 bits per heavy atom. The van der Waals surface area contributed by atoms with E-state index in [4.69, 9.17) is 4.74 Å². The van der Waals surface area contributed by atoms with Gasteiger partial charge in [0.15, 0.2) is 0 Å². The number of rotatable bonds is 7. The van der Waals surface area contributed by atoms with Crippen molar-refractivity contribution in [3.63, 3.8) is 0 Å². The van der Waals surface area contributed by atoms with Gasteiger partial charge in [0.25, 0.3) is 0 Å². The lowest BCUT2D eigenvalue weighted by Gasteiger charge is -2.31. The van der Waals surface area contributed by atoms with Crippen molar-refractivity contribution in [2.75, 3.05) is 33.8 Å². The van der Waals surface area contributed by atoms with Crippen LogP contribution in [0.25, 0.3) is 11.1 Å². The van der Waals surface area contributed by atoms with Crippen molar-refractivity contribution in [1.82, 2.24) is 9.80 Å². The molecule has 166 valence electrons. The van der Waals surface area contributed by atoms with Crippen LogP contribution in [0.3, 0.4) is 0 Å². The third-order valence-corrected chi connectivity index (χ3v) is 7.30. The van der Waals surface area contributed by atoms with Gasteiger partial charge >= 0.3 is 0 Å². The molecular formula is C25H32N2O3S. The molecule has 5 nitrogen and oxygen atoms in total. The highest BCUT2D eigenvalue weighted by Crippen LogP contribution is 2.37. The monoisotopic (exact) mass is 440 g/mol. The molecule has 1 aromatic heterocycles. The van der Waals surface area contributed by atoms with E-state index in [0.29, 0.717) is 32.4 Å². The number of benzene rings is 1. The van der Waals surface area contributed by atoms with Gasteiger partial charge in [-0.1, -0.05) is 24.3 Å². The van der Waals surface area contributed by atoms with Gasteiger partial charge in [0.05, 0.1) is 11.5 Å². The van der Waals surface area contributed by atoms with Gasteiger partial charge in [0.2, 0.25) is 11.8 Å². The molecule has 1 aromatic carbocycles. The Balaban J connectivity index is 1.44. The fraction of sp³-hybridized carbons (Fsp3) is 0.520. The predicted molar refractivity (Wildman–Crippen MR) is 124 cm³/mol. The Morgan fingerprint density at radius 2 is 2.00 bits per heavy atom. The molecule has 0 N–H and O–H groups in total. The summed E-state index contributed by atoms with van der Waals surface area (Å²) in [4.78, 5) is 29.7. The number of amides is 2. The van der Waals surface area contributed by atoms with Crippen molar-refractivity contribution in [3.8, 4) is 11.1 Å². The van der Waals surface area contributed by atoms with Crippen molar-refractivity contribution in [1.29, 1.82) is 0 Å². The number of hydrogen-bond donors (Lipinski definition) is 0. The second-order valence-corrected chi connectivity index (χ2v) is 9.88. The smallest absolute Gasteiger partial charge is 0.230 e. The molecule has 0 aliphatic carbocycles. The minimum Gasteiger partial charge on any atom is -0.378 e. The number of likely N-dealkylation sites (tertiary alicyclic amines) is 1. The lowest BCUT2D eigenvalue weighted by atomic mass is 9.79. The van der Waals surface area contributed by atoms with E-state index in [1.54, 1.807) is 16.2 Å². The Kier molecular flexibility index (Phi) is 6.77. The highest BCUT2D eigenvalue weighted by molar-refractivity contribution is 7.08. The van der Waals surface area contributed by atoms with Gasteiger partial charge < -0.3 is 14.5 Å². The number of thiophene rings is 1. The molecule has 31 heavy (non-hydrogen) atoms. The van der Waals surface area contributed by atoms with E-state index in [9.17, 15) is 9.59 Å². The maximum atomic E-state index is 13.2. The summed E-state index contributed by atoms with van der Waals surface area (Å²) in [5, 5.41) is 4.22. The highest BCUT2D eigenvalue weighted by atomic mass is 32.1. The maximum absolute atomic E-state index is 13.2. The second-order valence-electron chi connectivity index (χ2n) is 9.10. The molecule has 2 atom stereocenters. The van der Waals surface area contributed by atoms with Crippen LogP contribution < -0.4 is 0 Å². The van der Waals surface area contributed by atoms with Crippen LogP contribution in [0.1, 0.15) is 37.7 Å². The van der Waals surface area contributed by atoms with Crippen LogP contribution in [0.2, 0.25) is 0 Å². The zero-order valence-electron chi connectivity index (χ0n) is 18.5. The van der Waals surface area contributed by atoms with Crippen molar-refractivity contribution in [3.05, 3.63) is 46.7 Å². The van der Waals surface area contributed by atoms with Gasteiger partial charge in [-0.3, -0.25) is 9.59 Å². The van der Waals surface area contributed by atoms with Crippen molar-refractivity contribution in [2.45, 2.75) is 44.6 Å². The molecule has 2 aliphatic heterocycles. The zero-order valence-corrected chi connectivity index (χ0v) is 19.3. The molecule has 0 bridgehead atoms. The summed E-state index contributed by atoms with van der Waals surface area (Å²) >= 11 is 1.69. The van der Waals surface area contributed by atoms with Gasteiger partial charge in [-0.05, 0) is 65.6 Å². The summed E-state index contributed by atoms with van der Waals surface area (Å²) in [7, 11) is 3.62. The molecule has 2 unspecified atom stereocenters. The molecule has 3 heterocycles. The Hall–Kier alpha value is -2.18. The standard InChI is InChI=1S/C25H32N2O3S/c1-26(2)24(29)25(16-19-5-7-20(8-6-19)21-11-15-31-17-21)12-13-27(18-25)23(28)10-9-22-4-3-14-30-22/h5-8,11,15,17,22H,3-4,9-10,12-14,16,18H2,1-2H3. The summed E-state index contributed by atoms with van der Waals surface area (Å²) in [5.74, 6) is 0.264. The molecule has 2 aromatic rings. The van der Waals surface area contributed by atoms with Crippen LogP contribution >= 0.6 is 11.3 Å². The first kappa shape index (κ1) is 22.0. The van der Waals surface area contributed by atoms with Gasteiger partial charge in [-0.25, -0.2) is 0 Å². The summed E-state index contributed by atoms with van der Waals surface area (Å²) < 4.78 is 5.66. The zero-order chi connectivity index (χ0) is 21.8. The van der Waals surface area contributed by atoms with E-state index in [2.05, 4.69) is 41.1 Å². The van der Waals surface area contributed by atoms with Crippen LogP contribution in [0.4, 0.5) is 0 Å². The average molecular weight is 441 g/mol. The summed E-state index contributed by atoms with van der Waals surface area (Å²) in [5.41, 5.74) is 3.00. The molecule has 6 heteroatoms. The molecular weight excluding hydrogens is 408 g/mol. The van der Waals surface area contributed by atoms with Crippen LogP contribution in [0.5, 0.6) is 0 Å². The lowest BCUT2D eigenvalue weighted by molar-refractivity contribution is -0.139. The number of nitrogens with zero attached hydrogens (tertiary/aromatic N) is 2. The molecule has 0 radical (unpaired) electrons. The first-order chi connectivity index (χ1) is 15.0. The van der Waals surface area contributed by atoms with E-state index in [-0.39, 0.29) is 17.9 Å². The van der Waals surface area contributed by atoms with Gasteiger partial charge in [0, 0.05) is 40.2 Å². The van der Waals surface area contributed by atoms with E-state index in [1.807, 2.05) is 19.0 Å². The van der Waals surface area contributed by atoms with Gasteiger partial charge in [-0.15, -0.1) is 0 Å². The summed E-state index contributed by atoms with van der Waals surface area (Å²) in [6.07, 6.45) is 5.03. The lowest BCUT2D eigenvalue weighted by Crippen LogP contribution is -2.44. The minimum absolute atomic E-state index is 0.115. The molecule has 0 spiro atoms. The van der Waals surface area contributed by atoms with E-state index in [0.717, 1.165) is 31.4 Å². The van der Waals surface area contributed by atoms with Crippen LogP contribution in [-0.4, -0.2) is 61.5 Å². The first-order valence-corrected chi connectivity index (χ1v) is 12.1. The summed E-state index contributed by atoms with van der Waals surface area (Å²) in [6.45, 7) is 1.96. The largest absolute Gasteiger partial charge is 0.378 e. The SMILES string of the molecule is CN(C)C(=O)C1(Cc2ccc(-c3ccsc3)cc2)CCN(C(=O)CCC2CCCO2)C1. The van der Waals surface area contributed by atoms with Crippen LogP contribution in [-0.2, 0) is 20.7 Å². The normalized spacial score (nSPS) is 23.3. The number of hydrogen-bond acceptors (Lipinski definition) is 4. The average Bonchev–Trinajstić information content (AvgIpc) is 3.54. The molecule has 2 fully saturated rings.